The lowest BCUT2D eigenvalue weighted by Gasteiger charge is -2.42. The maximum atomic E-state index is 3.54. The second-order valence-corrected chi connectivity index (χ2v) is 6.29. The van der Waals surface area contributed by atoms with Crippen LogP contribution in [-0.2, 0) is 0 Å². The van der Waals surface area contributed by atoms with Crippen LogP contribution in [0.2, 0.25) is 0 Å². The standard InChI is InChI=1S/C12H24N2S/c1-9-4-5-14(10(2)6-9)11-7-13-8-12(11)15-3/h9-13H,4-8H2,1-3H3. The van der Waals surface area contributed by atoms with Crippen LogP contribution in [0.1, 0.15) is 26.7 Å². The smallest absolute Gasteiger partial charge is 0.0354 e. The molecular weight excluding hydrogens is 204 g/mol. The fourth-order valence-corrected chi connectivity index (χ4v) is 3.98. The molecule has 0 aromatic heterocycles. The van der Waals surface area contributed by atoms with Gasteiger partial charge >= 0.3 is 0 Å². The summed E-state index contributed by atoms with van der Waals surface area (Å²) in [5.74, 6) is 0.929. The van der Waals surface area contributed by atoms with E-state index >= 15 is 0 Å². The van der Waals surface area contributed by atoms with Crippen LogP contribution >= 0.6 is 11.8 Å². The highest BCUT2D eigenvalue weighted by Gasteiger charge is 2.35. The third kappa shape index (κ3) is 2.51. The molecule has 4 unspecified atom stereocenters. The molecule has 0 aromatic rings. The van der Waals surface area contributed by atoms with Gasteiger partial charge in [-0.15, -0.1) is 0 Å². The predicted octanol–water partition coefficient (Wildman–Crippen LogP) is 1.81. The van der Waals surface area contributed by atoms with E-state index < -0.39 is 0 Å². The number of nitrogens with zero attached hydrogens (tertiary/aromatic N) is 1. The van der Waals surface area contributed by atoms with Crippen LogP contribution in [0.4, 0.5) is 0 Å². The summed E-state index contributed by atoms with van der Waals surface area (Å²) in [6.45, 7) is 8.51. The zero-order valence-electron chi connectivity index (χ0n) is 10.2. The van der Waals surface area contributed by atoms with Crippen molar-refractivity contribution in [3.05, 3.63) is 0 Å². The first kappa shape index (κ1) is 11.7. The van der Waals surface area contributed by atoms with Crippen molar-refractivity contribution < 1.29 is 0 Å². The average Bonchev–Trinajstić information content (AvgIpc) is 2.65. The van der Waals surface area contributed by atoms with Gasteiger partial charge in [0.15, 0.2) is 0 Å². The van der Waals surface area contributed by atoms with E-state index in [1.54, 1.807) is 0 Å². The Labute approximate surface area is 98.2 Å². The number of hydrogen-bond acceptors (Lipinski definition) is 3. The number of likely N-dealkylation sites (tertiary alicyclic amines) is 1. The molecular formula is C12H24N2S. The molecule has 2 fully saturated rings. The molecule has 2 heterocycles. The minimum atomic E-state index is 0.780. The zero-order chi connectivity index (χ0) is 10.8. The van der Waals surface area contributed by atoms with Crippen LogP contribution < -0.4 is 5.32 Å². The van der Waals surface area contributed by atoms with Crippen LogP contribution in [-0.4, -0.2) is 48.1 Å². The Morgan fingerprint density at radius 2 is 2.07 bits per heavy atom. The molecule has 2 saturated heterocycles. The molecule has 0 aromatic carbocycles. The highest BCUT2D eigenvalue weighted by atomic mass is 32.2. The monoisotopic (exact) mass is 228 g/mol. The summed E-state index contributed by atoms with van der Waals surface area (Å²) in [6, 6.07) is 1.57. The molecule has 3 heteroatoms. The van der Waals surface area contributed by atoms with Gasteiger partial charge < -0.3 is 5.32 Å². The van der Waals surface area contributed by atoms with Gasteiger partial charge in [-0.25, -0.2) is 0 Å². The molecule has 2 aliphatic rings. The second-order valence-electron chi connectivity index (χ2n) is 5.22. The second kappa shape index (κ2) is 5.07. The Bertz CT molecular complexity index is 210. The SMILES string of the molecule is CSC1CNCC1N1CCC(C)CC1C. The number of nitrogens with one attached hydrogen (secondary N) is 1. The van der Waals surface area contributed by atoms with Crippen LogP contribution in [0, 0.1) is 5.92 Å². The lowest BCUT2D eigenvalue weighted by molar-refractivity contribution is 0.0920. The van der Waals surface area contributed by atoms with E-state index in [9.17, 15) is 0 Å². The van der Waals surface area contributed by atoms with E-state index in [2.05, 4.69) is 30.3 Å². The molecule has 0 amide bonds. The molecule has 88 valence electrons. The Kier molecular flexibility index (Phi) is 3.97. The molecule has 15 heavy (non-hydrogen) atoms. The molecule has 0 bridgehead atoms. The van der Waals surface area contributed by atoms with Gasteiger partial charge in [-0.05, 0) is 38.5 Å². The van der Waals surface area contributed by atoms with Crippen molar-refractivity contribution in [3.8, 4) is 0 Å². The Hall–Kier alpha value is 0.270. The van der Waals surface area contributed by atoms with Crippen molar-refractivity contribution in [1.82, 2.24) is 10.2 Å². The Balaban J connectivity index is 1.97. The molecule has 2 nitrogen and oxygen atoms in total. The van der Waals surface area contributed by atoms with Crippen molar-refractivity contribution in [2.24, 2.45) is 5.92 Å². The summed E-state index contributed by atoms with van der Waals surface area (Å²) >= 11 is 2.03. The Morgan fingerprint density at radius 3 is 2.73 bits per heavy atom. The average molecular weight is 228 g/mol. The highest BCUT2D eigenvalue weighted by Crippen LogP contribution is 2.28. The van der Waals surface area contributed by atoms with Crippen LogP contribution in [0.25, 0.3) is 0 Å². The quantitative estimate of drug-likeness (QED) is 0.776. The third-order valence-electron chi connectivity index (χ3n) is 4.05. The van der Waals surface area contributed by atoms with Gasteiger partial charge in [-0.1, -0.05) is 6.92 Å². The molecule has 0 saturated carbocycles. The molecule has 0 spiro atoms. The predicted molar refractivity (Wildman–Crippen MR) is 68.5 cm³/mol. The van der Waals surface area contributed by atoms with E-state index in [0.717, 1.165) is 23.3 Å². The van der Waals surface area contributed by atoms with Gasteiger partial charge in [0.1, 0.15) is 0 Å². The largest absolute Gasteiger partial charge is 0.314 e. The first-order chi connectivity index (χ1) is 7.22. The number of thioether (sulfide) groups is 1. The van der Waals surface area contributed by atoms with Gasteiger partial charge in [0, 0.05) is 30.4 Å². The van der Waals surface area contributed by atoms with E-state index in [-0.39, 0.29) is 0 Å². The maximum absolute atomic E-state index is 3.54. The maximum Gasteiger partial charge on any atom is 0.0354 e. The highest BCUT2D eigenvalue weighted by molar-refractivity contribution is 7.99. The molecule has 2 aliphatic heterocycles. The summed E-state index contributed by atoms with van der Waals surface area (Å²) < 4.78 is 0. The minimum Gasteiger partial charge on any atom is -0.314 e. The third-order valence-corrected chi connectivity index (χ3v) is 5.13. The summed E-state index contributed by atoms with van der Waals surface area (Å²) in [5, 5.41) is 4.35. The van der Waals surface area contributed by atoms with Crippen molar-refractivity contribution >= 4 is 11.8 Å². The summed E-state index contributed by atoms with van der Waals surface area (Å²) in [4.78, 5) is 2.75. The fraction of sp³-hybridized carbons (Fsp3) is 1.00. The number of hydrogen-bond donors (Lipinski definition) is 1. The molecule has 1 N–H and O–H groups in total. The van der Waals surface area contributed by atoms with E-state index in [0.29, 0.717) is 0 Å². The van der Waals surface area contributed by atoms with Gasteiger partial charge in [0.2, 0.25) is 0 Å². The normalized spacial score (nSPS) is 43.4. The fourth-order valence-electron chi connectivity index (χ4n) is 3.13. The Morgan fingerprint density at radius 1 is 1.27 bits per heavy atom. The molecule has 0 aliphatic carbocycles. The minimum absolute atomic E-state index is 0.780. The first-order valence-electron chi connectivity index (χ1n) is 6.21. The topological polar surface area (TPSA) is 15.3 Å². The van der Waals surface area contributed by atoms with E-state index in [4.69, 9.17) is 0 Å². The van der Waals surface area contributed by atoms with Crippen molar-refractivity contribution in [2.75, 3.05) is 25.9 Å². The number of rotatable bonds is 2. The molecule has 2 rings (SSSR count). The zero-order valence-corrected chi connectivity index (χ0v) is 11.0. The first-order valence-corrected chi connectivity index (χ1v) is 7.50. The molecule has 0 radical (unpaired) electrons. The lowest BCUT2D eigenvalue weighted by Crippen LogP contribution is -2.50. The van der Waals surface area contributed by atoms with Crippen molar-refractivity contribution in [1.29, 1.82) is 0 Å². The van der Waals surface area contributed by atoms with Gasteiger partial charge in [-0.2, -0.15) is 11.8 Å². The van der Waals surface area contributed by atoms with Crippen molar-refractivity contribution in [3.63, 3.8) is 0 Å². The van der Waals surface area contributed by atoms with Gasteiger partial charge in [0.25, 0.3) is 0 Å². The molecule has 4 atom stereocenters. The van der Waals surface area contributed by atoms with Crippen molar-refractivity contribution in [2.45, 2.75) is 44.0 Å². The number of piperidine rings is 1. The van der Waals surface area contributed by atoms with Gasteiger partial charge in [0.05, 0.1) is 0 Å². The summed E-state index contributed by atoms with van der Waals surface area (Å²) in [7, 11) is 0. The van der Waals surface area contributed by atoms with E-state index in [1.165, 1.54) is 32.5 Å². The summed E-state index contributed by atoms with van der Waals surface area (Å²) in [6.07, 6.45) is 5.03. The van der Waals surface area contributed by atoms with Crippen LogP contribution in [0.3, 0.4) is 0 Å². The lowest BCUT2D eigenvalue weighted by atomic mass is 9.92. The van der Waals surface area contributed by atoms with Gasteiger partial charge in [-0.3, -0.25) is 4.90 Å². The summed E-state index contributed by atoms with van der Waals surface area (Å²) in [5.41, 5.74) is 0. The van der Waals surface area contributed by atoms with E-state index in [1.807, 2.05) is 11.8 Å². The van der Waals surface area contributed by atoms with Crippen LogP contribution in [0.15, 0.2) is 0 Å². The van der Waals surface area contributed by atoms with Crippen LogP contribution in [0.5, 0.6) is 0 Å².